The Hall–Kier alpha value is -1.32. The Balaban J connectivity index is 2.18. The second-order valence-corrected chi connectivity index (χ2v) is 3.56. The SMILES string of the molecule is COC(=O)Cn1ncc2c1CCCC2. The van der Waals surface area contributed by atoms with Gasteiger partial charge in [-0.05, 0) is 31.2 Å². The van der Waals surface area contributed by atoms with Crippen molar-refractivity contribution in [2.75, 3.05) is 7.11 Å². The Labute approximate surface area is 82.9 Å². The van der Waals surface area contributed by atoms with E-state index in [-0.39, 0.29) is 12.5 Å². The lowest BCUT2D eigenvalue weighted by Gasteiger charge is -2.12. The largest absolute Gasteiger partial charge is 0.468 e. The molecule has 14 heavy (non-hydrogen) atoms. The van der Waals surface area contributed by atoms with Crippen LogP contribution in [0, 0.1) is 0 Å². The van der Waals surface area contributed by atoms with Crippen molar-refractivity contribution in [3.05, 3.63) is 17.5 Å². The molecule has 0 fully saturated rings. The van der Waals surface area contributed by atoms with E-state index in [2.05, 4.69) is 9.84 Å². The van der Waals surface area contributed by atoms with Crippen molar-refractivity contribution in [2.24, 2.45) is 0 Å². The second-order valence-electron chi connectivity index (χ2n) is 3.56. The number of esters is 1. The summed E-state index contributed by atoms with van der Waals surface area (Å²) in [5.74, 6) is -0.235. The molecule has 1 heterocycles. The maximum atomic E-state index is 11.1. The molecule has 0 radical (unpaired) electrons. The van der Waals surface area contributed by atoms with Crippen molar-refractivity contribution in [3.63, 3.8) is 0 Å². The first-order valence-corrected chi connectivity index (χ1v) is 4.91. The number of carbonyl (C=O) groups is 1. The summed E-state index contributed by atoms with van der Waals surface area (Å²) in [7, 11) is 1.40. The Bertz CT molecular complexity index is 344. The van der Waals surface area contributed by atoms with Gasteiger partial charge in [0.25, 0.3) is 0 Å². The number of rotatable bonds is 2. The van der Waals surface area contributed by atoms with Gasteiger partial charge >= 0.3 is 5.97 Å². The molecule has 1 aliphatic carbocycles. The lowest BCUT2D eigenvalue weighted by Crippen LogP contribution is -2.16. The summed E-state index contributed by atoms with van der Waals surface area (Å²) >= 11 is 0. The molecule has 4 heteroatoms. The van der Waals surface area contributed by atoms with E-state index >= 15 is 0 Å². The smallest absolute Gasteiger partial charge is 0.327 e. The van der Waals surface area contributed by atoms with E-state index < -0.39 is 0 Å². The molecule has 0 atom stereocenters. The first kappa shape index (κ1) is 9.24. The third-order valence-electron chi connectivity index (χ3n) is 2.65. The molecule has 0 spiro atoms. The molecule has 4 nitrogen and oxygen atoms in total. The minimum Gasteiger partial charge on any atom is -0.468 e. The number of hydrogen-bond acceptors (Lipinski definition) is 3. The van der Waals surface area contributed by atoms with Crippen LogP contribution in [0.1, 0.15) is 24.1 Å². The van der Waals surface area contributed by atoms with E-state index in [1.165, 1.54) is 31.2 Å². The molecule has 0 saturated carbocycles. The van der Waals surface area contributed by atoms with E-state index in [0.29, 0.717) is 0 Å². The lowest BCUT2D eigenvalue weighted by molar-refractivity contribution is -0.141. The molecule has 1 aliphatic rings. The molecule has 0 bridgehead atoms. The number of ether oxygens (including phenoxy) is 1. The highest BCUT2D eigenvalue weighted by Crippen LogP contribution is 2.20. The molecule has 1 aromatic rings. The Morgan fingerprint density at radius 3 is 3.14 bits per heavy atom. The van der Waals surface area contributed by atoms with Crippen molar-refractivity contribution in [1.82, 2.24) is 9.78 Å². The van der Waals surface area contributed by atoms with E-state index in [4.69, 9.17) is 0 Å². The third kappa shape index (κ3) is 1.64. The highest BCUT2D eigenvalue weighted by Gasteiger charge is 2.16. The minimum absolute atomic E-state index is 0.235. The van der Waals surface area contributed by atoms with Crippen LogP contribution in [0.2, 0.25) is 0 Å². The summed E-state index contributed by atoms with van der Waals surface area (Å²) in [6.45, 7) is 0.242. The van der Waals surface area contributed by atoms with Gasteiger partial charge in [0, 0.05) is 5.69 Å². The lowest BCUT2D eigenvalue weighted by atomic mass is 9.98. The van der Waals surface area contributed by atoms with Crippen molar-refractivity contribution in [3.8, 4) is 0 Å². The molecule has 1 aromatic heterocycles. The highest BCUT2D eigenvalue weighted by molar-refractivity contribution is 5.68. The van der Waals surface area contributed by atoms with Crippen LogP contribution < -0.4 is 0 Å². The number of aromatic nitrogens is 2. The topological polar surface area (TPSA) is 44.1 Å². The number of nitrogens with zero attached hydrogens (tertiary/aromatic N) is 2. The van der Waals surface area contributed by atoms with Gasteiger partial charge in [0.05, 0.1) is 13.3 Å². The average molecular weight is 194 g/mol. The highest BCUT2D eigenvalue weighted by atomic mass is 16.5. The van der Waals surface area contributed by atoms with Gasteiger partial charge in [-0.25, -0.2) is 0 Å². The van der Waals surface area contributed by atoms with Gasteiger partial charge in [-0.1, -0.05) is 0 Å². The molecular weight excluding hydrogens is 180 g/mol. The van der Waals surface area contributed by atoms with Gasteiger partial charge in [-0.2, -0.15) is 5.10 Å². The minimum atomic E-state index is -0.235. The Morgan fingerprint density at radius 2 is 2.36 bits per heavy atom. The third-order valence-corrected chi connectivity index (χ3v) is 2.65. The molecule has 2 rings (SSSR count). The van der Waals surface area contributed by atoms with Crippen LogP contribution >= 0.6 is 0 Å². The Morgan fingerprint density at radius 1 is 1.57 bits per heavy atom. The van der Waals surface area contributed by atoms with Gasteiger partial charge in [0.15, 0.2) is 0 Å². The van der Waals surface area contributed by atoms with E-state index in [1.54, 1.807) is 4.68 Å². The standard InChI is InChI=1S/C10H14N2O2/c1-14-10(13)7-12-9-5-3-2-4-8(9)6-11-12/h6H,2-5,7H2,1H3. The molecule has 0 N–H and O–H groups in total. The molecule has 0 aliphatic heterocycles. The molecule has 76 valence electrons. The van der Waals surface area contributed by atoms with E-state index in [1.807, 2.05) is 6.20 Å². The molecule has 0 amide bonds. The van der Waals surface area contributed by atoms with Crippen LogP contribution in [0.3, 0.4) is 0 Å². The summed E-state index contributed by atoms with van der Waals surface area (Å²) in [5.41, 5.74) is 2.50. The second kappa shape index (κ2) is 3.82. The number of methoxy groups -OCH3 is 1. The predicted octanol–water partition coefficient (Wildman–Crippen LogP) is 0.935. The number of hydrogen-bond donors (Lipinski definition) is 0. The van der Waals surface area contributed by atoms with E-state index in [9.17, 15) is 4.79 Å². The summed E-state index contributed by atoms with van der Waals surface area (Å²) < 4.78 is 6.38. The van der Waals surface area contributed by atoms with Crippen LogP contribution in [0.5, 0.6) is 0 Å². The molecular formula is C10H14N2O2. The molecule has 0 unspecified atom stereocenters. The fraction of sp³-hybridized carbons (Fsp3) is 0.600. The van der Waals surface area contributed by atoms with Crippen LogP contribution in [0.25, 0.3) is 0 Å². The van der Waals surface area contributed by atoms with Gasteiger partial charge in [-0.15, -0.1) is 0 Å². The van der Waals surface area contributed by atoms with Crippen LogP contribution in [-0.2, 0) is 28.9 Å². The first-order valence-electron chi connectivity index (χ1n) is 4.91. The quantitative estimate of drug-likeness (QED) is 0.658. The van der Waals surface area contributed by atoms with Crippen LogP contribution in [-0.4, -0.2) is 22.9 Å². The van der Waals surface area contributed by atoms with Crippen molar-refractivity contribution < 1.29 is 9.53 Å². The van der Waals surface area contributed by atoms with Gasteiger partial charge < -0.3 is 4.74 Å². The fourth-order valence-electron chi connectivity index (χ4n) is 1.88. The van der Waals surface area contributed by atoms with Crippen molar-refractivity contribution >= 4 is 5.97 Å². The number of carbonyl (C=O) groups excluding carboxylic acids is 1. The summed E-state index contributed by atoms with van der Waals surface area (Å²) in [6.07, 6.45) is 6.43. The van der Waals surface area contributed by atoms with Gasteiger partial charge in [-0.3, -0.25) is 9.48 Å². The van der Waals surface area contributed by atoms with Crippen LogP contribution in [0.4, 0.5) is 0 Å². The molecule has 0 saturated heterocycles. The zero-order valence-electron chi connectivity index (χ0n) is 8.32. The maximum absolute atomic E-state index is 11.1. The van der Waals surface area contributed by atoms with E-state index in [0.717, 1.165) is 12.8 Å². The van der Waals surface area contributed by atoms with Gasteiger partial charge in [0.1, 0.15) is 6.54 Å². The number of fused-ring (bicyclic) bond motifs is 1. The normalized spacial score (nSPS) is 14.9. The van der Waals surface area contributed by atoms with Crippen LogP contribution in [0.15, 0.2) is 6.20 Å². The van der Waals surface area contributed by atoms with Crippen molar-refractivity contribution in [1.29, 1.82) is 0 Å². The first-order chi connectivity index (χ1) is 6.81. The fourth-order valence-corrected chi connectivity index (χ4v) is 1.88. The zero-order chi connectivity index (χ0) is 9.97. The summed E-state index contributed by atoms with van der Waals surface area (Å²) in [6, 6.07) is 0. The predicted molar refractivity (Wildman–Crippen MR) is 50.9 cm³/mol. The van der Waals surface area contributed by atoms with Gasteiger partial charge in [0.2, 0.25) is 0 Å². The van der Waals surface area contributed by atoms with Crippen molar-refractivity contribution in [2.45, 2.75) is 32.2 Å². The number of aryl methyl sites for hydroxylation is 1. The summed E-state index contributed by atoms with van der Waals surface area (Å²) in [4.78, 5) is 11.1. The maximum Gasteiger partial charge on any atom is 0.327 e. The average Bonchev–Trinajstić information content (AvgIpc) is 2.62. The Kier molecular flexibility index (Phi) is 2.52. The molecule has 0 aromatic carbocycles. The zero-order valence-corrected chi connectivity index (χ0v) is 8.32. The monoisotopic (exact) mass is 194 g/mol. The summed E-state index contributed by atoms with van der Waals surface area (Å²) in [5, 5.41) is 4.20.